The molecule has 0 aliphatic carbocycles. The molecule has 2 aromatic rings. The molecule has 1 fully saturated rings. The minimum absolute atomic E-state index is 0.0570. The predicted octanol–water partition coefficient (Wildman–Crippen LogP) is 3.63. The molecule has 2 amide bonds. The van der Waals surface area contributed by atoms with Gasteiger partial charge in [0, 0.05) is 25.4 Å². The molecule has 0 atom stereocenters. The summed E-state index contributed by atoms with van der Waals surface area (Å²) >= 11 is 0. The minimum atomic E-state index is -4.49. The molecule has 1 aromatic heterocycles. The number of aromatic nitrogens is 1. The molecule has 0 unspecified atom stereocenters. The van der Waals surface area contributed by atoms with Crippen LogP contribution in [0.5, 0.6) is 0 Å². The lowest BCUT2D eigenvalue weighted by atomic mass is 9.74. The predicted molar refractivity (Wildman–Crippen MR) is 101 cm³/mol. The van der Waals surface area contributed by atoms with Crippen LogP contribution in [-0.4, -0.2) is 34.8 Å². The third-order valence-electron chi connectivity index (χ3n) is 5.62. The second-order valence-electron chi connectivity index (χ2n) is 7.20. The van der Waals surface area contributed by atoms with Crippen LogP contribution in [0.25, 0.3) is 6.08 Å². The first-order valence-corrected chi connectivity index (χ1v) is 9.20. The van der Waals surface area contributed by atoms with Gasteiger partial charge in [-0.25, -0.2) is 0 Å². The number of pyridine rings is 1. The summed E-state index contributed by atoms with van der Waals surface area (Å²) in [5.74, 6) is -0.465. The van der Waals surface area contributed by atoms with Gasteiger partial charge in [-0.1, -0.05) is 18.2 Å². The summed E-state index contributed by atoms with van der Waals surface area (Å²) in [6, 6.07) is 6.94. The Morgan fingerprint density at radius 1 is 1.17 bits per heavy atom. The smallest absolute Gasteiger partial charge is 0.339 e. The van der Waals surface area contributed by atoms with Crippen molar-refractivity contribution in [2.24, 2.45) is 0 Å². The summed E-state index contributed by atoms with van der Waals surface area (Å²) in [5, 5.41) is 2.84. The molecule has 3 heterocycles. The van der Waals surface area contributed by atoms with Crippen molar-refractivity contribution in [1.82, 2.24) is 9.88 Å². The monoisotopic (exact) mass is 401 g/mol. The number of nitrogens with zero attached hydrogens (tertiary/aromatic N) is 2. The highest BCUT2D eigenvalue weighted by atomic mass is 19.4. The molecule has 150 valence electrons. The first kappa shape index (κ1) is 19.2. The number of fused-ring (bicyclic) bond motifs is 2. The summed E-state index contributed by atoms with van der Waals surface area (Å²) in [5.41, 5.74) is 0.0647. The number of halogens is 3. The molecule has 0 radical (unpaired) electrons. The third kappa shape index (κ3) is 3.39. The Labute approximate surface area is 165 Å². The summed E-state index contributed by atoms with van der Waals surface area (Å²) in [6.45, 7) is 0.693. The second kappa shape index (κ2) is 7.02. The largest absolute Gasteiger partial charge is 0.416 e. The van der Waals surface area contributed by atoms with Crippen molar-refractivity contribution in [3.8, 4) is 0 Å². The molecule has 1 saturated heterocycles. The van der Waals surface area contributed by atoms with Gasteiger partial charge >= 0.3 is 6.18 Å². The first-order chi connectivity index (χ1) is 13.8. The van der Waals surface area contributed by atoms with Crippen LogP contribution in [0.4, 0.5) is 18.9 Å². The van der Waals surface area contributed by atoms with Gasteiger partial charge in [0.05, 0.1) is 22.9 Å². The van der Waals surface area contributed by atoms with Gasteiger partial charge in [0.15, 0.2) is 0 Å². The van der Waals surface area contributed by atoms with E-state index in [4.69, 9.17) is 0 Å². The van der Waals surface area contributed by atoms with E-state index >= 15 is 0 Å². The van der Waals surface area contributed by atoms with Gasteiger partial charge in [-0.2, -0.15) is 13.2 Å². The Bertz CT molecular complexity index is 993. The molecular formula is C21H18F3N3O2. The summed E-state index contributed by atoms with van der Waals surface area (Å²) in [6.07, 6.45) is 2.02. The van der Waals surface area contributed by atoms with E-state index in [1.54, 1.807) is 17.3 Å². The minimum Gasteiger partial charge on any atom is -0.339 e. The molecule has 2 aliphatic heterocycles. The lowest BCUT2D eigenvalue weighted by molar-refractivity contribution is -0.137. The maximum Gasteiger partial charge on any atom is 0.416 e. The Morgan fingerprint density at radius 3 is 2.62 bits per heavy atom. The summed E-state index contributed by atoms with van der Waals surface area (Å²) in [4.78, 5) is 30.7. The van der Waals surface area contributed by atoms with Crippen molar-refractivity contribution in [3.05, 3.63) is 65.5 Å². The molecule has 1 spiro atoms. The van der Waals surface area contributed by atoms with E-state index < -0.39 is 17.2 Å². The lowest BCUT2D eigenvalue weighted by Gasteiger charge is -2.37. The van der Waals surface area contributed by atoms with E-state index in [1.807, 2.05) is 6.07 Å². The molecule has 1 aromatic carbocycles. The Hall–Kier alpha value is -3.16. The molecule has 2 aliphatic rings. The number of likely N-dealkylation sites (tertiary alicyclic amines) is 1. The van der Waals surface area contributed by atoms with Crippen LogP contribution >= 0.6 is 0 Å². The van der Waals surface area contributed by atoms with Gasteiger partial charge in [0.25, 0.3) is 0 Å². The first-order valence-electron chi connectivity index (χ1n) is 9.20. The van der Waals surface area contributed by atoms with Crippen molar-refractivity contribution in [2.75, 3.05) is 18.4 Å². The number of hydrogen-bond donors (Lipinski definition) is 1. The quantitative estimate of drug-likeness (QED) is 0.782. The normalized spacial score (nSPS) is 18.2. The SMILES string of the molecule is O=C(/C=C/c1ccccc1C(F)(F)F)N1CCC2(CC1)C(=O)Nc1cnccc12. The average molecular weight is 401 g/mol. The fourth-order valence-electron chi connectivity index (χ4n) is 4.05. The molecule has 0 bridgehead atoms. The number of rotatable bonds is 2. The molecule has 5 nitrogen and oxygen atoms in total. The van der Waals surface area contributed by atoms with Crippen LogP contribution in [0, 0.1) is 0 Å². The van der Waals surface area contributed by atoms with Gasteiger partial charge in [-0.3, -0.25) is 14.6 Å². The number of piperidine rings is 1. The van der Waals surface area contributed by atoms with Crippen LogP contribution in [0.2, 0.25) is 0 Å². The number of alkyl halides is 3. The zero-order valence-corrected chi connectivity index (χ0v) is 15.4. The fourth-order valence-corrected chi connectivity index (χ4v) is 4.05. The van der Waals surface area contributed by atoms with Crippen LogP contribution < -0.4 is 5.32 Å². The Balaban J connectivity index is 1.47. The van der Waals surface area contributed by atoms with E-state index in [9.17, 15) is 22.8 Å². The number of benzene rings is 1. The van der Waals surface area contributed by atoms with E-state index in [2.05, 4.69) is 10.3 Å². The number of carbonyl (C=O) groups excluding carboxylic acids is 2. The van der Waals surface area contributed by atoms with Gasteiger partial charge < -0.3 is 10.2 Å². The van der Waals surface area contributed by atoms with Crippen LogP contribution in [0.15, 0.2) is 48.8 Å². The number of amides is 2. The average Bonchev–Trinajstić information content (AvgIpc) is 2.98. The highest BCUT2D eigenvalue weighted by Gasteiger charge is 2.48. The number of carbonyl (C=O) groups is 2. The van der Waals surface area contributed by atoms with Crippen molar-refractivity contribution >= 4 is 23.6 Å². The van der Waals surface area contributed by atoms with Crippen LogP contribution in [0.1, 0.15) is 29.5 Å². The van der Waals surface area contributed by atoms with Crippen molar-refractivity contribution in [2.45, 2.75) is 24.4 Å². The zero-order valence-electron chi connectivity index (χ0n) is 15.4. The van der Waals surface area contributed by atoms with E-state index in [0.29, 0.717) is 31.6 Å². The molecule has 29 heavy (non-hydrogen) atoms. The van der Waals surface area contributed by atoms with E-state index in [1.165, 1.54) is 24.3 Å². The Morgan fingerprint density at radius 2 is 1.90 bits per heavy atom. The molecule has 8 heteroatoms. The summed E-state index contributed by atoms with van der Waals surface area (Å²) in [7, 11) is 0. The van der Waals surface area contributed by atoms with Gasteiger partial charge in [0.2, 0.25) is 11.8 Å². The van der Waals surface area contributed by atoms with Crippen LogP contribution in [-0.2, 0) is 21.2 Å². The zero-order chi connectivity index (χ0) is 20.6. The highest BCUT2D eigenvalue weighted by Crippen LogP contribution is 2.44. The third-order valence-corrected chi connectivity index (χ3v) is 5.62. The highest BCUT2D eigenvalue weighted by molar-refractivity contribution is 6.06. The lowest BCUT2D eigenvalue weighted by Crippen LogP contribution is -2.47. The topological polar surface area (TPSA) is 62.3 Å². The van der Waals surface area contributed by atoms with E-state index in [-0.39, 0.29) is 17.4 Å². The number of hydrogen-bond acceptors (Lipinski definition) is 3. The maximum absolute atomic E-state index is 13.1. The summed E-state index contributed by atoms with van der Waals surface area (Å²) < 4.78 is 39.2. The van der Waals surface area contributed by atoms with Crippen LogP contribution in [0.3, 0.4) is 0 Å². The van der Waals surface area contributed by atoms with E-state index in [0.717, 1.165) is 17.7 Å². The van der Waals surface area contributed by atoms with Gasteiger partial charge in [-0.15, -0.1) is 0 Å². The molecule has 0 saturated carbocycles. The Kier molecular flexibility index (Phi) is 4.64. The molecule has 1 N–H and O–H groups in total. The van der Waals surface area contributed by atoms with Gasteiger partial charge in [-0.05, 0) is 42.2 Å². The number of nitrogens with one attached hydrogen (secondary N) is 1. The standard InChI is InChI=1S/C21H18F3N3O2/c22-21(23,24)15-4-2-1-3-14(15)5-6-18(28)27-11-8-20(9-12-27)16-7-10-25-13-17(16)26-19(20)29/h1-7,10,13H,8-9,11-12H2,(H,26,29)/b6-5+. The van der Waals surface area contributed by atoms with Crippen molar-refractivity contribution in [1.29, 1.82) is 0 Å². The molecule has 4 rings (SSSR count). The number of anilines is 1. The maximum atomic E-state index is 13.1. The van der Waals surface area contributed by atoms with Gasteiger partial charge in [0.1, 0.15) is 0 Å². The fraction of sp³-hybridized carbons (Fsp3) is 0.286. The van der Waals surface area contributed by atoms with Crippen molar-refractivity contribution < 1.29 is 22.8 Å². The van der Waals surface area contributed by atoms with Crippen molar-refractivity contribution in [3.63, 3.8) is 0 Å². The second-order valence-corrected chi connectivity index (χ2v) is 7.20. The molecular weight excluding hydrogens is 383 g/mol.